The van der Waals surface area contributed by atoms with Crippen LogP contribution in [0.4, 0.5) is 5.82 Å². The Morgan fingerprint density at radius 1 is 0.864 bits per heavy atom. The SMILES string of the molecule is Cc1cccnc1NC(c1ccccc1)c1ccc(Cl)cc1. The summed E-state index contributed by atoms with van der Waals surface area (Å²) < 4.78 is 0. The average Bonchev–Trinajstić information content (AvgIpc) is 2.56. The molecule has 0 saturated carbocycles. The Morgan fingerprint density at radius 3 is 2.23 bits per heavy atom. The van der Waals surface area contributed by atoms with Crippen LogP contribution in [0, 0.1) is 6.92 Å². The zero-order valence-corrected chi connectivity index (χ0v) is 13.1. The minimum Gasteiger partial charge on any atom is -0.359 e. The molecule has 2 aromatic carbocycles. The Morgan fingerprint density at radius 2 is 1.55 bits per heavy atom. The Balaban J connectivity index is 2.00. The van der Waals surface area contributed by atoms with E-state index in [4.69, 9.17) is 11.6 Å². The lowest BCUT2D eigenvalue weighted by molar-refractivity contribution is 0.922. The molecule has 0 saturated heterocycles. The van der Waals surface area contributed by atoms with Gasteiger partial charge >= 0.3 is 0 Å². The van der Waals surface area contributed by atoms with E-state index in [-0.39, 0.29) is 6.04 Å². The van der Waals surface area contributed by atoms with E-state index in [0.29, 0.717) is 0 Å². The first-order chi connectivity index (χ1) is 10.7. The van der Waals surface area contributed by atoms with Gasteiger partial charge in [-0.05, 0) is 41.8 Å². The molecule has 0 spiro atoms. The van der Waals surface area contributed by atoms with Gasteiger partial charge in [-0.25, -0.2) is 4.98 Å². The van der Waals surface area contributed by atoms with E-state index in [1.807, 2.05) is 48.5 Å². The van der Waals surface area contributed by atoms with E-state index in [2.05, 4.69) is 35.4 Å². The van der Waals surface area contributed by atoms with Crippen molar-refractivity contribution >= 4 is 17.4 Å². The van der Waals surface area contributed by atoms with Gasteiger partial charge in [0.25, 0.3) is 0 Å². The van der Waals surface area contributed by atoms with Crippen LogP contribution in [0.1, 0.15) is 22.7 Å². The zero-order chi connectivity index (χ0) is 15.4. The number of rotatable bonds is 4. The monoisotopic (exact) mass is 308 g/mol. The lowest BCUT2D eigenvalue weighted by Crippen LogP contribution is -2.14. The van der Waals surface area contributed by atoms with Gasteiger partial charge in [-0.15, -0.1) is 0 Å². The van der Waals surface area contributed by atoms with Gasteiger partial charge in [0.1, 0.15) is 5.82 Å². The standard InChI is InChI=1S/C19H17ClN2/c1-14-6-5-13-21-19(14)22-18(15-7-3-2-4-8-15)16-9-11-17(20)12-10-16/h2-13,18H,1H3,(H,21,22). The molecule has 0 aliphatic rings. The summed E-state index contributed by atoms with van der Waals surface area (Å²) in [4.78, 5) is 4.45. The van der Waals surface area contributed by atoms with Crippen molar-refractivity contribution in [3.8, 4) is 0 Å². The maximum Gasteiger partial charge on any atom is 0.129 e. The summed E-state index contributed by atoms with van der Waals surface area (Å²) in [5.41, 5.74) is 3.47. The van der Waals surface area contributed by atoms with E-state index < -0.39 is 0 Å². The van der Waals surface area contributed by atoms with Crippen LogP contribution in [0.5, 0.6) is 0 Å². The second-order valence-electron chi connectivity index (χ2n) is 5.21. The molecule has 0 amide bonds. The van der Waals surface area contributed by atoms with Gasteiger partial charge in [0.05, 0.1) is 6.04 Å². The van der Waals surface area contributed by atoms with Crippen molar-refractivity contribution in [3.05, 3.63) is 94.6 Å². The number of nitrogens with one attached hydrogen (secondary N) is 1. The van der Waals surface area contributed by atoms with Gasteiger partial charge in [-0.2, -0.15) is 0 Å². The van der Waals surface area contributed by atoms with Crippen molar-refractivity contribution in [1.29, 1.82) is 0 Å². The van der Waals surface area contributed by atoms with Gasteiger partial charge in [-0.1, -0.05) is 60.1 Å². The number of halogens is 1. The third-order valence-electron chi connectivity index (χ3n) is 3.63. The fraction of sp³-hybridized carbons (Fsp3) is 0.105. The smallest absolute Gasteiger partial charge is 0.129 e. The van der Waals surface area contributed by atoms with Gasteiger partial charge in [0.15, 0.2) is 0 Å². The Kier molecular flexibility index (Phi) is 4.40. The van der Waals surface area contributed by atoms with Crippen molar-refractivity contribution in [2.24, 2.45) is 0 Å². The molecule has 2 nitrogen and oxygen atoms in total. The molecule has 3 rings (SSSR count). The molecule has 110 valence electrons. The van der Waals surface area contributed by atoms with Crippen molar-refractivity contribution in [2.45, 2.75) is 13.0 Å². The summed E-state index contributed by atoms with van der Waals surface area (Å²) in [6.07, 6.45) is 1.80. The van der Waals surface area contributed by atoms with Crippen LogP contribution < -0.4 is 5.32 Å². The molecule has 1 N–H and O–H groups in total. The number of aryl methyl sites for hydroxylation is 1. The van der Waals surface area contributed by atoms with Crippen molar-refractivity contribution in [3.63, 3.8) is 0 Å². The van der Waals surface area contributed by atoms with Gasteiger partial charge in [0, 0.05) is 11.2 Å². The molecule has 3 aromatic rings. The zero-order valence-electron chi connectivity index (χ0n) is 12.3. The molecule has 0 fully saturated rings. The van der Waals surface area contributed by atoms with Crippen molar-refractivity contribution in [2.75, 3.05) is 5.32 Å². The first-order valence-electron chi connectivity index (χ1n) is 7.22. The molecule has 1 heterocycles. The van der Waals surface area contributed by atoms with E-state index >= 15 is 0 Å². The summed E-state index contributed by atoms with van der Waals surface area (Å²) in [7, 11) is 0. The summed E-state index contributed by atoms with van der Waals surface area (Å²) in [6, 6.07) is 22.3. The van der Waals surface area contributed by atoms with E-state index in [9.17, 15) is 0 Å². The normalized spacial score (nSPS) is 11.9. The number of nitrogens with zero attached hydrogens (tertiary/aromatic N) is 1. The van der Waals surface area contributed by atoms with Crippen molar-refractivity contribution in [1.82, 2.24) is 4.98 Å². The highest BCUT2D eigenvalue weighted by Crippen LogP contribution is 2.27. The maximum absolute atomic E-state index is 6.02. The Labute approximate surface area is 135 Å². The molecule has 1 aromatic heterocycles. The highest BCUT2D eigenvalue weighted by molar-refractivity contribution is 6.30. The van der Waals surface area contributed by atoms with E-state index in [0.717, 1.165) is 22.0 Å². The third-order valence-corrected chi connectivity index (χ3v) is 3.88. The average molecular weight is 309 g/mol. The second-order valence-corrected chi connectivity index (χ2v) is 5.64. The molecule has 1 unspecified atom stereocenters. The molecule has 0 bridgehead atoms. The molecule has 1 atom stereocenters. The van der Waals surface area contributed by atoms with Gasteiger partial charge in [0.2, 0.25) is 0 Å². The Bertz CT molecular complexity index is 739. The Hall–Kier alpha value is -2.32. The topological polar surface area (TPSA) is 24.9 Å². The van der Waals surface area contributed by atoms with Crippen LogP contribution >= 0.6 is 11.6 Å². The highest BCUT2D eigenvalue weighted by Gasteiger charge is 2.15. The van der Waals surface area contributed by atoms with Crippen LogP contribution in [0.15, 0.2) is 72.9 Å². The predicted molar refractivity (Wildman–Crippen MR) is 92.3 cm³/mol. The molecular weight excluding hydrogens is 292 g/mol. The molecule has 0 radical (unpaired) electrons. The number of aromatic nitrogens is 1. The predicted octanol–water partition coefficient (Wildman–Crippen LogP) is 5.24. The minimum atomic E-state index is 0.0343. The third kappa shape index (κ3) is 3.29. The van der Waals surface area contributed by atoms with Crippen LogP contribution in [-0.2, 0) is 0 Å². The van der Waals surface area contributed by atoms with Gasteiger partial charge in [-0.3, -0.25) is 0 Å². The fourth-order valence-electron chi connectivity index (χ4n) is 2.43. The summed E-state index contributed by atoms with van der Waals surface area (Å²) in [6.45, 7) is 2.05. The van der Waals surface area contributed by atoms with Gasteiger partial charge < -0.3 is 5.32 Å². The van der Waals surface area contributed by atoms with E-state index in [1.165, 1.54) is 5.56 Å². The van der Waals surface area contributed by atoms with Crippen molar-refractivity contribution < 1.29 is 0 Å². The second kappa shape index (κ2) is 6.63. The summed E-state index contributed by atoms with van der Waals surface area (Å²) >= 11 is 6.02. The van der Waals surface area contributed by atoms with Crippen LogP contribution in [0.25, 0.3) is 0 Å². The molecule has 3 heteroatoms. The molecule has 22 heavy (non-hydrogen) atoms. The fourth-order valence-corrected chi connectivity index (χ4v) is 2.56. The lowest BCUT2D eigenvalue weighted by Gasteiger charge is -2.21. The van der Waals surface area contributed by atoms with Crippen LogP contribution in [0.2, 0.25) is 5.02 Å². The molecule has 0 aliphatic heterocycles. The first kappa shape index (κ1) is 14.6. The molecule has 0 aliphatic carbocycles. The minimum absolute atomic E-state index is 0.0343. The summed E-state index contributed by atoms with van der Waals surface area (Å²) in [5.74, 6) is 0.895. The number of pyridine rings is 1. The molecular formula is C19H17ClN2. The van der Waals surface area contributed by atoms with Crippen LogP contribution in [-0.4, -0.2) is 4.98 Å². The first-order valence-corrected chi connectivity index (χ1v) is 7.60. The quantitative estimate of drug-likeness (QED) is 0.712. The largest absolute Gasteiger partial charge is 0.359 e. The number of anilines is 1. The number of benzene rings is 2. The lowest BCUT2D eigenvalue weighted by atomic mass is 9.98. The number of hydrogen-bond donors (Lipinski definition) is 1. The van der Waals surface area contributed by atoms with Crippen LogP contribution in [0.3, 0.4) is 0 Å². The maximum atomic E-state index is 6.02. The van der Waals surface area contributed by atoms with E-state index in [1.54, 1.807) is 6.20 Å². The summed E-state index contributed by atoms with van der Waals surface area (Å²) in [5, 5.41) is 4.29. The highest BCUT2D eigenvalue weighted by atomic mass is 35.5. The number of hydrogen-bond acceptors (Lipinski definition) is 2.